The molecule has 0 spiro atoms. The number of nitrogens with zero attached hydrogens (tertiary/aromatic N) is 3. The molecule has 1 amide bonds. The van der Waals surface area contributed by atoms with Gasteiger partial charge in [-0.2, -0.15) is 5.10 Å². The predicted molar refractivity (Wildman–Crippen MR) is 88.7 cm³/mol. The highest BCUT2D eigenvalue weighted by Crippen LogP contribution is 2.20. The van der Waals surface area contributed by atoms with E-state index in [9.17, 15) is 4.79 Å². The molecule has 0 radical (unpaired) electrons. The lowest BCUT2D eigenvalue weighted by Gasteiger charge is -2.00. The number of carbonyl (C=O) groups is 1. The molecule has 1 N–H and O–H groups in total. The molecule has 0 saturated carbocycles. The first kappa shape index (κ1) is 15.5. The molecule has 0 aliphatic heterocycles. The van der Waals surface area contributed by atoms with Crippen LogP contribution in [0.15, 0.2) is 51.6 Å². The lowest BCUT2D eigenvalue weighted by atomic mass is 10.1. The van der Waals surface area contributed by atoms with Crippen LogP contribution in [0, 0.1) is 0 Å². The molecule has 2 heterocycles. The molecule has 3 aromatic rings. The van der Waals surface area contributed by atoms with Crippen molar-refractivity contribution in [3.8, 4) is 11.3 Å². The van der Waals surface area contributed by atoms with Crippen LogP contribution in [0.4, 0.5) is 0 Å². The van der Waals surface area contributed by atoms with Crippen LogP contribution in [-0.2, 0) is 13.1 Å². The molecule has 0 atom stereocenters. The number of carbonyl (C=O) groups excluding carboxylic acids is 1. The fourth-order valence-electron chi connectivity index (χ4n) is 2.09. The van der Waals surface area contributed by atoms with Gasteiger partial charge in [0, 0.05) is 24.4 Å². The maximum atomic E-state index is 12.2. The van der Waals surface area contributed by atoms with E-state index in [1.54, 1.807) is 10.7 Å². The minimum absolute atomic E-state index is 0.245. The quantitative estimate of drug-likeness (QED) is 0.743. The molecule has 0 aliphatic carbocycles. The van der Waals surface area contributed by atoms with Gasteiger partial charge in [0.25, 0.3) is 5.91 Å². The Morgan fingerprint density at radius 3 is 2.83 bits per heavy atom. The van der Waals surface area contributed by atoms with Crippen LogP contribution in [0.1, 0.15) is 23.1 Å². The second kappa shape index (κ2) is 6.78. The summed E-state index contributed by atoms with van der Waals surface area (Å²) in [5.41, 5.74) is 1.89. The van der Waals surface area contributed by atoms with E-state index < -0.39 is 0 Å². The highest BCUT2D eigenvalue weighted by molar-refractivity contribution is 9.10. The van der Waals surface area contributed by atoms with E-state index in [1.165, 1.54) is 0 Å². The second-order valence-corrected chi connectivity index (χ2v) is 5.76. The molecular formula is C16H15BrN4O2. The molecule has 7 heteroatoms. The van der Waals surface area contributed by atoms with Gasteiger partial charge in [0.1, 0.15) is 0 Å². The Kier molecular flexibility index (Phi) is 4.57. The van der Waals surface area contributed by atoms with Gasteiger partial charge in [-0.15, -0.1) is 0 Å². The van der Waals surface area contributed by atoms with Crippen molar-refractivity contribution in [1.82, 2.24) is 20.3 Å². The summed E-state index contributed by atoms with van der Waals surface area (Å²) in [5, 5.41) is 11.0. The monoisotopic (exact) mass is 374 g/mol. The van der Waals surface area contributed by atoms with Gasteiger partial charge >= 0.3 is 0 Å². The molecule has 0 unspecified atom stereocenters. The van der Waals surface area contributed by atoms with Gasteiger partial charge in [-0.3, -0.25) is 9.48 Å². The molecule has 118 valence electrons. The van der Waals surface area contributed by atoms with Crippen molar-refractivity contribution in [2.24, 2.45) is 0 Å². The van der Waals surface area contributed by atoms with E-state index in [1.807, 2.05) is 43.5 Å². The maximum Gasteiger partial charge on any atom is 0.273 e. The third-order valence-corrected chi connectivity index (χ3v) is 3.99. The SMILES string of the molecule is CCn1cc(Br)c(CNC(=O)c2cc(-c3ccccc3)on2)n1. The summed E-state index contributed by atoms with van der Waals surface area (Å²) in [6.45, 7) is 3.10. The van der Waals surface area contributed by atoms with Crippen molar-refractivity contribution in [2.45, 2.75) is 20.0 Å². The average molecular weight is 375 g/mol. The third kappa shape index (κ3) is 3.50. The van der Waals surface area contributed by atoms with Crippen molar-refractivity contribution in [3.63, 3.8) is 0 Å². The van der Waals surface area contributed by atoms with Crippen LogP contribution < -0.4 is 5.32 Å². The molecule has 0 fully saturated rings. The Morgan fingerprint density at radius 2 is 2.13 bits per heavy atom. The number of aryl methyl sites for hydroxylation is 1. The lowest BCUT2D eigenvalue weighted by molar-refractivity contribution is 0.0941. The molecule has 6 nitrogen and oxygen atoms in total. The zero-order valence-corrected chi connectivity index (χ0v) is 14.1. The molecule has 3 rings (SSSR count). The van der Waals surface area contributed by atoms with E-state index in [0.717, 1.165) is 22.3 Å². The Bertz CT molecular complexity index is 811. The number of halogens is 1. The number of amides is 1. The van der Waals surface area contributed by atoms with Gasteiger partial charge in [0.05, 0.1) is 16.7 Å². The van der Waals surface area contributed by atoms with E-state index >= 15 is 0 Å². The number of benzene rings is 1. The second-order valence-electron chi connectivity index (χ2n) is 4.90. The van der Waals surface area contributed by atoms with Crippen LogP contribution >= 0.6 is 15.9 Å². The molecule has 23 heavy (non-hydrogen) atoms. The van der Waals surface area contributed by atoms with Crippen molar-refractivity contribution in [1.29, 1.82) is 0 Å². The largest absolute Gasteiger partial charge is 0.355 e. The number of aromatic nitrogens is 3. The molecule has 0 bridgehead atoms. The third-order valence-electron chi connectivity index (χ3n) is 3.33. The van der Waals surface area contributed by atoms with Crippen LogP contribution in [0.5, 0.6) is 0 Å². The van der Waals surface area contributed by atoms with Gasteiger partial charge in [-0.1, -0.05) is 35.5 Å². The number of rotatable bonds is 5. The summed E-state index contributed by atoms with van der Waals surface area (Å²) in [5.74, 6) is 0.265. The highest BCUT2D eigenvalue weighted by atomic mass is 79.9. The average Bonchev–Trinajstić information content (AvgIpc) is 3.20. The van der Waals surface area contributed by atoms with Crippen LogP contribution in [0.25, 0.3) is 11.3 Å². The summed E-state index contributed by atoms with van der Waals surface area (Å²) in [6, 6.07) is 11.1. The highest BCUT2D eigenvalue weighted by Gasteiger charge is 2.14. The van der Waals surface area contributed by atoms with Crippen molar-refractivity contribution < 1.29 is 9.32 Å². The first-order valence-electron chi connectivity index (χ1n) is 7.19. The van der Waals surface area contributed by atoms with Crippen LogP contribution in [0.2, 0.25) is 0 Å². The Labute approximate surface area is 141 Å². The molecule has 1 aromatic carbocycles. The number of hydrogen-bond acceptors (Lipinski definition) is 4. The first-order valence-corrected chi connectivity index (χ1v) is 7.99. The molecular weight excluding hydrogens is 360 g/mol. The number of nitrogens with one attached hydrogen (secondary N) is 1. The van der Waals surface area contributed by atoms with Gasteiger partial charge in [-0.25, -0.2) is 0 Å². The summed E-state index contributed by atoms with van der Waals surface area (Å²) >= 11 is 3.43. The van der Waals surface area contributed by atoms with E-state index in [0.29, 0.717) is 12.3 Å². The standard InChI is InChI=1S/C16H15BrN4O2/c1-2-21-10-12(17)14(19-21)9-18-16(22)13-8-15(23-20-13)11-6-4-3-5-7-11/h3-8,10H,2,9H2,1H3,(H,18,22). The van der Waals surface area contributed by atoms with Crippen molar-refractivity contribution in [3.05, 3.63) is 58.5 Å². The predicted octanol–water partition coefficient (Wildman–Crippen LogP) is 3.25. The molecule has 0 aliphatic rings. The maximum absolute atomic E-state index is 12.2. The minimum atomic E-state index is -0.297. The van der Waals surface area contributed by atoms with Gasteiger partial charge < -0.3 is 9.84 Å². The van der Waals surface area contributed by atoms with Crippen LogP contribution in [-0.4, -0.2) is 20.8 Å². The Balaban J connectivity index is 1.67. The topological polar surface area (TPSA) is 73.0 Å². The smallest absolute Gasteiger partial charge is 0.273 e. The fourth-order valence-corrected chi connectivity index (χ4v) is 2.55. The zero-order chi connectivity index (χ0) is 16.2. The van der Waals surface area contributed by atoms with Crippen LogP contribution in [0.3, 0.4) is 0 Å². The summed E-state index contributed by atoms with van der Waals surface area (Å²) in [4.78, 5) is 12.2. The summed E-state index contributed by atoms with van der Waals surface area (Å²) in [7, 11) is 0. The van der Waals surface area contributed by atoms with Crippen molar-refractivity contribution >= 4 is 21.8 Å². The lowest BCUT2D eigenvalue weighted by Crippen LogP contribution is -2.23. The molecule has 0 saturated heterocycles. The van der Waals surface area contributed by atoms with E-state index in [-0.39, 0.29) is 11.6 Å². The fraction of sp³-hybridized carbons (Fsp3) is 0.188. The summed E-state index contributed by atoms with van der Waals surface area (Å²) in [6.07, 6.45) is 1.88. The van der Waals surface area contributed by atoms with E-state index in [4.69, 9.17) is 4.52 Å². The Morgan fingerprint density at radius 1 is 1.35 bits per heavy atom. The van der Waals surface area contributed by atoms with E-state index in [2.05, 4.69) is 31.5 Å². The van der Waals surface area contributed by atoms with Crippen molar-refractivity contribution in [2.75, 3.05) is 0 Å². The zero-order valence-electron chi connectivity index (χ0n) is 12.5. The number of hydrogen-bond donors (Lipinski definition) is 1. The van der Waals surface area contributed by atoms with Gasteiger partial charge in [0.15, 0.2) is 11.5 Å². The normalized spacial score (nSPS) is 10.7. The summed E-state index contributed by atoms with van der Waals surface area (Å²) < 4.78 is 7.90. The first-order chi connectivity index (χ1) is 11.2. The van der Waals surface area contributed by atoms with Gasteiger partial charge in [0.2, 0.25) is 0 Å². The minimum Gasteiger partial charge on any atom is -0.355 e. The molecule has 2 aromatic heterocycles. The van der Waals surface area contributed by atoms with Gasteiger partial charge in [-0.05, 0) is 22.9 Å². The Hall–Kier alpha value is -2.41.